The largest absolute Gasteiger partial charge is 0.392 e. The number of nitrogens with one attached hydrogen (secondary N) is 1. The van der Waals surface area contributed by atoms with Crippen molar-refractivity contribution in [2.24, 2.45) is 0 Å². The number of hydrogen-bond acceptors (Lipinski definition) is 7. The van der Waals surface area contributed by atoms with Crippen molar-refractivity contribution in [1.29, 1.82) is 0 Å². The summed E-state index contributed by atoms with van der Waals surface area (Å²) in [5.74, 6) is -0.163. The maximum Gasteiger partial charge on any atom is 0.253 e. The number of ether oxygens (including phenoxy) is 2. The van der Waals surface area contributed by atoms with Gasteiger partial charge in [0.1, 0.15) is 0 Å². The first-order valence-electron chi connectivity index (χ1n) is 16.7. The molecule has 1 aromatic heterocycles. The molecular formula is C41H43N3O5. The van der Waals surface area contributed by atoms with Gasteiger partial charge in [-0.05, 0) is 65.6 Å². The van der Waals surface area contributed by atoms with E-state index in [1.54, 1.807) is 24.5 Å². The average Bonchev–Trinajstić information content (AvgIpc) is 3.17. The van der Waals surface area contributed by atoms with E-state index in [1.807, 2.05) is 92.8 Å². The maximum atomic E-state index is 12.5. The van der Waals surface area contributed by atoms with E-state index in [4.69, 9.17) is 9.47 Å². The Kier molecular flexibility index (Phi) is 11.3. The second kappa shape index (κ2) is 16.1. The third kappa shape index (κ3) is 8.67. The summed E-state index contributed by atoms with van der Waals surface area (Å²) in [5.41, 5.74) is 7.27. The molecule has 8 heteroatoms. The maximum absolute atomic E-state index is 12.5. The fraction of sp³-hybridized carbons (Fsp3) is 0.268. The van der Waals surface area contributed by atoms with Gasteiger partial charge in [0.15, 0.2) is 6.29 Å². The first-order valence-corrected chi connectivity index (χ1v) is 16.7. The molecule has 0 bridgehead atoms. The van der Waals surface area contributed by atoms with E-state index in [-0.39, 0.29) is 30.8 Å². The molecule has 0 unspecified atom stereocenters. The van der Waals surface area contributed by atoms with Gasteiger partial charge in [0, 0.05) is 43.5 Å². The number of benzene rings is 4. The Morgan fingerprint density at radius 2 is 1.63 bits per heavy atom. The van der Waals surface area contributed by atoms with Crippen LogP contribution in [0, 0.1) is 0 Å². The van der Waals surface area contributed by atoms with Gasteiger partial charge in [-0.2, -0.15) is 0 Å². The van der Waals surface area contributed by atoms with Gasteiger partial charge in [-0.3, -0.25) is 14.7 Å². The monoisotopic (exact) mass is 657 g/mol. The van der Waals surface area contributed by atoms with Crippen LogP contribution >= 0.6 is 0 Å². The number of aliphatic hydroxyl groups is 2. The summed E-state index contributed by atoms with van der Waals surface area (Å²) < 4.78 is 13.2. The van der Waals surface area contributed by atoms with Crippen LogP contribution in [-0.2, 0) is 22.6 Å². The number of nitrogens with zero attached hydrogens (tertiary/aromatic N) is 2. The Morgan fingerprint density at radius 1 is 0.878 bits per heavy atom. The van der Waals surface area contributed by atoms with Crippen molar-refractivity contribution in [3.63, 3.8) is 0 Å². The van der Waals surface area contributed by atoms with Gasteiger partial charge in [-0.1, -0.05) is 97.1 Å². The van der Waals surface area contributed by atoms with Gasteiger partial charge in [-0.15, -0.1) is 0 Å². The number of aromatic nitrogens is 1. The predicted octanol–water partition coefficient (Wildman–Crippen LogP) is 6.77. The van der Waals surface area contributed by atoms with E-state index >= 15 is 0 Å². The van der Waals surface area contributed by atoms with Crippen molar-refractivity contribution in [2.45, 2.75) is 57.1 Å². The van der Waals surface area contributed by atoms with Crippen LogP contribution in [0.15, 0.2) is 128 Å². The van der Waals surface area contributed by atoms with Crippen LogP contribution in [0.25, 0.3) is 11.1 Å². The molecule has 0 radical (unpaired) electrons. The average molecular weight is 658 g/mol. The second-order valence-electron chi connectivity index (χ2n) is 12.6. The molecule has 5 aromatic rings. The van der Waals surface area contributed by atoms with Gasteiger partial charge >= 0.3 is 0 Å². The van der Waals surface area contributed by atoms with Gasteiger partial charge < -0.3 is 25.0 Å². The highest BCUT2D eigenvalue weighted by Gasteiger charge is 2.34. The van der Waals surface area contributed by atoms with Crippen molar-refractivity contribution in [3.8, 4) is 11.1 Å². The fourth-order valence-electron chi connectivity index (χ4n) is 6.17. The molecule has 1 aliphatic rings. The standard InChI is InChI=1S/C41H43N3O5/c1-28(39(46)33-9-4-3-5-10-33)44(2)26-37-23-38(32-15-13-29(27-45)14-16-32)49-41(48-37)34-19-17-31(18-20-34)35-11-6-8-30(22-35)24-43-40(47)36-12-7-21-42-25-36/h3-22,25,28,37-39,41,45-46H,23-24,26-27H2,1-2H3,(H,43,47)/t28-,37-,38+,39-,41+/m0/s1. The Labute approximate surface area is 288 Å². The van der Waals surface area contributed by atoms with Crippen molar-refractivity contribution in [1.82, 2.24) is 15.2 Å². The van der Waals surface area contributed by atoms with Gasteiger partial charge in [-0.25, -0.2) is 0 Å². The number of likely N-dealkylation sites (N-methyl/N-ethyl adjacent to an activating group) is 1. The quantitative estimate of drug-likeness (QED) is 0.136. The zero-order valence-corrected chi connectivity index (χ0v) is 27.9. The Hall–Kier alpha value is -4.70. The molecule has 1 fully saturated rings. The molecule has 49 heavy (non-hydrogen) atoms. The van der Waals surface area contributed by atoms with Crippen LogP contribution in [-0.4, -0.2) is 51.7 Å². The summed E-state index contributed by atoms with van der Waals surface area (Å²) in [4.78, 5) is 18.7. The number of hydrogen-bond donors (Lipinski definition) is 3. The van der Waals surface area contributed by atoms with Crippen LogP contribution < -0.4 is 5.32 Å². The Balaban J connectivity index is 1.16. The number of pyridine rings is 1. The number of rotatable bonds is 12. The van der Waals surface area contributed by atoms with E-state index in [2.05, 4.69) is 39.5 Å². The summed E-state index contributed by atoms with van der Waals surface area (Å²) in [5, 5.41) is 23.6. The van der Waals surface area contributed by atoms with Crippen LogP contribution in [0.2, 0.25) is 0 Å². The van der Waals surface area contributed by atoms with Crippen LogP contribution in [0.5, 0.6) is 0 Å². The lowest BCUT2D eigenvalue weighted by Gasteiger charge is -2.39. The summed E-state index contributed by atoms with van der Waals surface area (Å²) >= 11 is 0. The van der Waals surface area contributed by atoms with Crippen molar-refractivity contribution in [2.75, 3.05) is 13.6 Å². The molecule has 1 amide bonds. The molecule has 2 heterocycles. The predicted molar refractivity (Wildman–Crippen MR) is 189 cm³/mol. The van der Waals surface area contributed by atoms with Crippen molar-refractivity contribution < 1.29 is 24.5 Å². The molecule has 0 aliphatic carbocycles. The SMILES string of the molecule is C[C@@H]([C@H](O)c1ccccc1)N(C)C[C@@H]1C[C@H](c2ccc(CO)cc2)O[C@H](c2ccc(-c3cccc(CNC(=O)c4cccnc4)c3)cc2)O1. The lowest BCUT2D eigenvalue weighted by molar-refractivity contribution is -0.253. The molecule has 1 saturated heterocycles. The second-order valence-corrected chi connectivity index (χ2v) is 12.6. The topological polar surface area (TPSA) is 104 Å². The van der Waals surface area contributed by atoms with Crippen LogP contribution in [0.1, 0.15) is 70.0 Å². The normalized spacial score (nSPS) is 18.9. The molecule has 1 aliphatic heterocycles. The summed E-state index contributed by atoms with van der Waals surface area (Å²) in [6, 6.07) is 37.3. The minimum atomic E-state index is -0.632. The van der Waals surface area contributed by atoms with Crippen LogP contribution in [0.3, 0.4) is 0 Å². The lowest BCUT2D eigenvalue weighted by atomic mass is 9.98. The lowest BCUT2D eigenvalue weighted by Crippen LogP contribution is -2.43. The van der Waals surface area contributed by atoms with Gasteiger partial charge in [0.25, 0.3) is 5.91 Å². The summed E-state index contributed by atoms with van der Waals surface area (Å²) in [6.45, 7) is 3.03. The summed E-state index contributed by atoms with van der Waals surface area (Å²) in [7, 11) is 2.02. The molecule has 252 valence electrons. The van der Waals surface area contributed by atoms with Crippen molar-refractivity contribution in [3.05, 3.63) is 161 Å². The van der Waals surface area contributed by atoms with E-state index in [0.717, 1.165) is 38.9 Å². The smallest absolute Gasteiger partial charge is 0.253 e. The van der Waals surface area contributed by atoms with E-state index < -0.39 is 12.4 Å². The molecule has 6 rings (SSSR count). The minimum Gasteiger partial charge on any atom is -0.392 e. The number of carbonyl (C=O) groups is 1. The van der Waals surface area contributed by atoms with E-state index in [1.165, 1.54) is 0 Å². The number of aliphatic hydroxyl groups excluding tert-OH is 2. The highest BCUT2D eigenvalue weighted by Crippen LogP contribution is 2.39. The molecule has 0 saturated carbocycles. The molecule has 4 aromatic carbocycles. The number of carbonyl (C=O) groups excluding carboxylic acids is 1. The number of amides is 1. The Bertz CT molecular complexity index is 1780. The molecule has 8 nitrogen and oxygen atoms in total. The molecule has 5 atom stereocenters. The third-order valence-electron chi connectivity index (χ3n) is 9.22. The van der Waals surface area contributed by atoms with Gasteiger partial charge in [0.05, 0.1) is 30.5 Å². The molecule has 3 N–H and O–H groups in total. The minimum absolute atomic E-state index is 0.0120. The zero-order chi connectivity index (χ0) is 34.2. The van der Waals surface area contributed by atoms with Gasteiger partial charge in [0.2, 0.25) is 0 Å². The first kappa shape index (κ1) is 34.2. The highest BCUT2D eigenvalue weighted by atomic mass is 16.7. The van der Waals surface area contributed by atoms with E-state index in [0.29, 0.717) is 25.1 Å². The van der Waals surface area contributed by atoms with Crippen LogP contribution in [0.4, 0.5) is 0 Å². The Morgan fingerprint density at radius 3 is 2.35 bits per heavy atom. The first-order chi connectivity index (χ1) is 23.9. The van der Waals surface area contributed by atoms with E-state index in [9.17, 15) is 15.0 Å². The molecular weight excluding hydrogens is 614 g/mol. The zero-order valence-electron chi connectivity index (χ0n) is 27.9. The summed E-state index contributed by atoms with van der Waals surface area (Å²) in [6.07, 6.45) is 2.26. The molecule has 0 spiro atoms. The fourth-order valence-corrected chi connectivity index (χ4v) is 6.17. The highest BCUT2D eigenvalue weighted by molar-refractivity contribution is 5.93. The third-order valence-corrected chi connectivity index (χ3v) is 9.22. The van der Waals surface area contributed by atoms with Crippen molar-refractivity contribution >= 4 is 5.91 Å².